The number of nitrogens with zero attached hydrogens (tertiary/aromatic N) is 1. The molecule has 0 aliphatic heterocycles. The van der Waals surface area contributed by atoms with Crippen molar-refractivity contribution in [3.63, 3.8) is 0 Å². The second-order valence-electron chi connectivity index (χ2n) is 7.13. The summed E-state index contributed by atoms with van der Waals surface area (Å²) in [5.74, 6) is 0.581. The number of carbonyl (C=O) groups is 2. The third-order valence-electron chi connectivity index (χ3n) is 4.70. The summed E-state index contributed by atoms with van der Waals surface area (Å²) in [6.07, 6.45) is 2.56. The van der Waals surface area contributed by atoms with Crippen LogP contribution in [-0.4, -0.2) is 29.9 Å². The van der Waals surface area contributed by atoms with Crippen LogP contribution in [0.3, 0.4) is 0 Å². The van der Waals surface area contributed by atoms with E-state index in [1.807, 2.05) is 67.6 Å². The Bertz CT molecular complexity index is 922. The van der Waals surface area contributed by atoms with Crippen molar-refractivity contribution in [2.75, 3.05) is 18.4 Å². The molecule has 0 aliphatic rings. The van der Waals surface area contributed by atoms with Crippen LogP contribution >= 0.6 is 0 Å². The molecule has 1 heterocycles. The summed E-state index contributed by atoms with van der Waals surface area (Å²) in [5, 5.41) is 5.80. The molecule has 3 rings (SSSR count). The van der Waals surface area contributed by atoms with Gasteiger partial charge in [0.15, 0.2) is 0 Å². The Hall–Kier alpha value is -3.54. The van der Waals surface area contributed by atoms with E-state index < -0.39 is 0 Å². The van der Waals surface area contributed by atoms with Gasteiger partial charge in [-0.25, -0.2) is 4.79 Å². The smallest absolute Gasteiger partial charge is 0.322 e. The van der Waals surface area contributed by atoms with Gasteiger partial charge in [0.2, 0.25) is 5.91 Å². The molecule has 0 radical (unpaired) electrons. The predicted molar refractivity (Wildman–Crippen MR) is 117 cm³/mol. The third-order valence-corrected chi connectivity index (χ3v) is 4.70. The van der Waals surface area contributed by atoms with Crippen LogP contribution in [0.1, 0.15) is 23.3 Å². The summed E-state index contributed by atoms with van der Waals surface area (Å²) in [4.78, 5) is 26.6. The Kier molecular flexibility index (Phi) is 7.66. The number of urea groups is 1. The molecule has 6 heteroatoms. The molecule has 1 aromatic heterocycles. The number of nitrogens with one attached hydrogen (secondary N) is 2. The van der Waals surface area contributed by atoms with Gasteiger partial charge in [0.05, 0.1) is 12.8 Å². The van der Waals surface area contributed by atoms with E-state index in [4.69, 9.17) is 4.42 Å². The Morgan fingerprint density at radius 2 is 1.73 bits per heavy atom. The van der Waals surface area contributed by atoms with Crippen molar-refractivity contribution in [1.29, 1.82) is 0 Å². The summed E-state index contributed by atoms with van der Waals surface area (Å²) in [7, 11) is 0. The van der Waals surface area contributed by atoms with E-state index in [0.29, 0.717) is 24.5 Å². The van der Waals surface area contributed by atoms with Crippen molar-refractivity contribution in [3.8, 4) is 0 Å². The van der Waals surface area contributed by atoms with E-state index in [1.165, 1.54) is 5.56 Å². The van der Waals surface area contributed by atoms with Gasteiger partial charge in [0.1, 0.15) is 5.76 Å². The maximum Gasteiger partial charge on any atom is 0.322 e. The van der Waals surface area contributed by atoms with Crippen molar-refractivity contribution in [1.82, 2.24) is 10.2 Å². The largest absolute Gasteiger partial charge is 0.467 e. The first-order valence-electron chi connectivity index (χ1n) is 10.1. The van der Waals surface area contributed by atoms with Crippen LogP contribution < -0.4 is 10.6 Å². The highest BCUT2D eigenvalue weighted by molar-refractivity contribution is 5.89. The minimum Gasteiger partial charge on any atom is -0.467 e. The zero-order valence-electron chi connectivity index (χ0n) is 17.1. The van der Waals surface area contributed by atoms with Crippen molar-refractivity contribution >= 4 is 17.6 Å². The molecule has 0 unspecified atom stereocenters. The molecule has 0 saturated carbocycles. The summed E-state index contributed by atoms with van der Waals surface area (Å²) in [6, 6.07) is 20.9. The first kappa shape index (κ1) is 21.2. The molecule has 2 aromatic carbocycles. The van der Waals surface area contributed by atoms with Crippen LogP contribution in [0.5, 0.6) is 0 Å². The highest BCUT2D eigenvalue weighted by Crippen LogP contribution is 2.12. The fourth-order valence-corrected chi connectivity index (χ4v) is 3.00. The molecular weight excluding hydrogens is 378 g/mol. The SMILES string of the molecule is Cc1ccc(NC(=O)N(CCC(=O)NCCc2ccccc2)Cc2ccco2)cc1. The number of anilines is 1. The van der Waals surface area contributed by atoms with Gasteiger partial charge in [0.25, 0.3) is 0 Å². The number of rotatable bonds is 9. The molecule has 0 saturated heterocycles. The number of carbonyl (C=O) groups excluding carboxylic acids is 2. The molecule has 0 fully saturated rings. The quantitative estimate of drug-likeness (QED) is 0.555. The van der Waals surface area contributed by atoms with E-state index in [2.05, 4.69) is 10.6 Å². The van der Waals surface area contributed by atoms with Gasteiger partial charge < -0.3 is 20.0 Å². The lowest BCUT2D eigenvalue weighted by atomic mass is 10.1. The molecule has 156 valence electrons. The summed E-state index contributed by atoms with van der Waals surface area (Å²) >= 11 is 0. The topological polar surface area (TPSA) is 74.6 Å². The van der Waals surface area contributed by atoms with Crippen molar-refractivity contribution in [2.24, 2.45) is 0 Å². The lowest BCUT2D eigenvalue weighted by Crippen LogP contribution is -2.37. The Balaban J connectivity index is 1.51. The molecular formula is C24H27N3O3. The fourth-order valence-electron chi connectivity index (χ4n) is 3.00. The average molecular weight is 405 g/mol. The molecule has 0 atom stereocenters. The predicted octanol–water partition coefficient (Wildman–Crippen LogP) is 4.37. The van der Waals surface area contributed by atoms with Crippen LogP contribution in [0.2, 0.25) is 0 Å². The minimum absolute atomic E-state index is 0.0847. The Morgan fingerprint density at radius 3 is 2.43 bits per heavy atom. The highest BCUT2D eigenvalue weighted by Gasteiger charge is 2.17. The average Bonchev–Trinajstić information content (AvgIpc) is 3.27. The molecule has 0 spiro atoms. The molecule has 3 amide bonds. The molecule has 30 heavy (non-hydrogen) atoms. The van der Waals surface area contributed by atoms with E-state index in [9.17, 15) is 9.59 Å². The number of hydrogen-bond acceptors (Lipinski definition) is 3. The Labute approximate surface area is 176 Å². The van der Waals surface area contributed by atoms with Crippen LogP contribution in [-0.2, 0) is 17.8 Å². The molecule has 0 bridgehead atoms. The zero-order valence-corrected chi connectivity index (χ0v) is 17.1. The standard InChI is InChI=1S/C24H27N3O3/c1-19-9-11-21(12-10-19)26-24(29)27(18-22-8-5-17-30-22)16-14-23(28)25-15-13-20-6-3-2-4-7-20/h2-12,17H,13-16,18H2,1H3,(H,25,28)(H,26,29). The van der Waals surface area contributed by atoms with Crippen molar-refractivity contribution in [2.45, 2.75) is 26.3 Å². The Morgan fingerprint density at radius 1 is 0.967 bits per heavy atom. The van der Waals surface area contributed by atoms with Crippen molar-refractivity contribution in [3.05, 3.63) is 89.9 Å². The highest BCUT2D eigenvalue weighted by atomic mass is 16.3. The molecule has 0 aliphatic carbocycles. The molecule has 6 nitrogen and oxygen atoms in total. The van der Waals surface area contributed by atoms with Crippen LogP contribution in [0.4, 0.5) is 10.5 Å². The van der Waals surface area contributed by atoms with E-state index >= 15 is 0 Å². The number of amides is 3. The maximum atomic E-state index is 12.8. The minimum atomic E-state index is -0.271. The van der Waals surface area contributed by atoms with E-state index in [-0.39, 0.29) is 24.9 Å². The number of furan rings is 1. The zero-order chi connectivity index (χ0) is 21.2. The second-order valence-corrected chi connectivity index (χ2v) is 7.13. The van der Waals surface area contributed by atoms with Crippen molar-refractivity contribution < 1.29 is 14.0 Å². The molecule has 3 aromatic rings. The van der Waals surface area contributed by atoms with Crippen LogP contribution in [0, 0.1) is 6.92 Å². The van der Waals surface area contributed by atoms with Gasteiger partial charge in [-0.3, -0.25) is 4.79 Å². The lowest BCUT2D eigenvalue weighted by Gasteiger charge is -2.22. The number of aryl methyl sites for hydroxylation is 1. The van der Waals surface area contributed by atoms with Gasteiger partial charge in [-0.2, -0.15) is 0 Å². The monoisotopic (exact) mass is 405 g/mol. The fraction of sp³-hybridized carbons (Fsp3) is 0.250. The van der Waals surface area contributed by atoms with Gasteiger partial charge in [-0.1, -0.05) is 48.0 Å². The first-order chi connectivity index (χ1) is 14.6. The van der Waals surface area contributed by atoms with Crippen LogP contribution in [0.25, 0.3) is 0 Å². The molecule has 2 N–H and O–H groups in total. The van der Waals surface area contributed by atoms with E-state index in [1.54, 1.807) is 17.2 Å². The van der Waals surface area contributed by atoms with Gasteiger partial charge in [-0.15, -0.1) is 0 Å². The third kappa shape index (κ3) is 6.81. The normalized spacial score (nSPS) is 10.4. The lowest BCUT2D eigenvalue weighted by molar-refractivity contribution is -0.121. The van der Waals surface area contributed by atoms with Gasteiger partial charge >= 0.3 is 6.03 Å². The second kappa shape index (κ2) is 10.9. The van der Waals surface area contributed by atoms with Gasteiger partial charge in [0, 0.05) is 25.2 Å². The van der Waals surface area contributed by atoms with E-state index in [0.717, 1.165) is 12.0 Å². The summed E-state index contributed by atoms with van der Waals surface area (Å²) < 4.78 is 5.38. The van der Waals surface area contributed by atoms with Gasteiger partial charge in [-0.05, 0) is 43.2 Å². The number of hydrogen-bond donors (Lipinski definition) is 2. The number of benzene rings is 2. The first-order valence-corrected chi connectivity index (χ1v) is 10.1. The van der Waals surface area contributed by atoms with Crippen LogP contribution in [0.15, 0.2) is 77.4 Å². The summed E-state index contributed by atoms with van der Waals surface area (Å²) in [6.45, 7) is 3.14. The maximum absolute atomic E-state index is 12.8. The summed E-state index contributed by atoms with van der Waals surface area (Å²) in [5.41, 5.74) is 3.00.